The van der Waals surface area contributed by atoms with E-state index in [0.29, 0.717) is 55.3 Å². The Morgan fingerprint density at radius 2 is 1.62 bits per heavy atom. The number of carbonyl (C=O) groups is 1. The minimum Gasteiger partial charge on any atom is -0.390 e. The van der Waals surface area contributed by atoms with Gasteiger partial charge in [-0.3, -0.25) is 4.79 Å². The molecular formula is C27H46O5. The molecule has 0 aromatic carbocycles. The molecule has 5 heteroatoms. The van der Waals surface area contributed by atoms with Gasteiger partial charge in [-0.25, -0.2) is 0 Å². The summed E-state index contributed by atoms with van der Waals surface area (Å²) in [5.41, 5.74) is -0.147. The van der Waals surface area contributed by atoms with Crippen LogP contribution in [0.4, 0.5) is 0 Å². The average Bonchev–Trinajstić information content (AvgIpc) is 3.06. The normalized spacial score (nSPS) is 49.2. The molecule has 184 valence electrons. The van der Waals surface area contributed by atoms with E-state index in [9.17, 15) is 25.2 Å². The van der Waals surface area contributed by atoms with Gasteiger partial charge < -0.3 is 20.4 Å². The van der Waals surface area contributed by atoms with Crippen molar-refractivity contribution >= 4 is 5.78 Å². The van der Waals surface area contributed by atoms with E-state index in [4.69, 9.17) is 0 Å². The van der Waals surface area contributed by atoms with Gasteiger partial charge in [-0.1, -0.05) is 34.6 Å². The summed E-state index contributed by atoms with van der Waals surface area (Å²) in [6.07, 6.45) is 3.50. The SMILES string of the molecule is CC(C)CC(O)C(O)[C@@H](C)[C@H]1CC[C@H]2[C@@H]3CC(=O)C4CC(O)C(O)C[C@]4(C)[C@H]3CC[C@]12C. The lowest BCUT2D eigenvalue weighted by molar-refractivity contribution is -0.174. The first kappa shape index (κ1) is 24.6. The number of aliphatic hydroxyl groups excluding tert-OH is 4. The molecule has 4 aliphatic rings. The summed E-state index contributed by atoms with van der Waals surface area (Å²) in [5, 5.41) is 42.3. The van der Waals surface area contributed by atoms with E-state index in [1.165, 1.54) is 0 Å². The van der Waals surface area contributed by atoms with Crippen molar-refractivity contribution in [1.82, 2.24) is 0 Å². The van der Waals surface area contributed by atoms with Crippen LogP contribution in [0.1, 0.15) is 86.0 Å². The van der Waals surface area contributed by atoms with Crippen molar-refractivity contribution < 1.29 is 25.2 Å². The molecule has 0 spiro atoms. The van der Waals surface area contributed by atoms with Crippen LogP contribution in [-0.4, -0.2) is 50.6 Å². The minimum absolute atomic E-state index is 0.0320. The molecule has 4 rings (SSSR count). The van der Waals surface area contributed by atoms with Gasteiger partial charge in [-0.05, 0) is 91.3 Å². The van der Waals surface area contributed by atoms with Crippen LogP contribution in [0.15, 0.2) is 0 Å². The molecule has 0 heterocycles. The average molecular weight is 451 g/mol. The second kappa shape index (κ2) is 8.62. The number of rotatable bonds is 5. The lowest BCUT2D eigenvalue weighted by atomic mass is 9.44. The third-order valence-electron chi connectivity index (χ3n) is 10.8. The first-order chi connectivity index (χ1) is 14.9. The molecule has 5 unspecified atom stereocenters. The van der Waals surface area contributed by atoms with Gasteiger partial charge in [0.05, 0.1) is 24.4 Å². The van der Waals surface area contributed by atoms with E-state index in [2.05, 4.69) is 34.6 Å². The topological polar surface area (TPSA) is 98.0 Å². The van der Waals surface area contributed by atoms with Crippen molar-refractivity contribution in [2.45, 2.75) is 110 Å². The molecule has 0 aromatic heterocycles. The van der Waals surface area contributed by atoms with Gasteiger partial charge >= 0.3 is 0 Å². The van der Waals surface area contributed by atoms with Crippen LogP contribution in [0.2, 0.25) is 0 Å². The highest BCUT2D eigenvalue weighted by atomic mass is 16.3. The zero-order chi connectivity index (χ0) is 23.6. The molecule has 0 amide bonds. The van der Waals surface area contributed by atoms with E-state index < -0.39 is 24.4 Å². The number of fused-ring (bicyclic) bond motifs is 5. The fraction of sp³-hybridized carbons (Fsp3) is 0.963. The van der Waals surface area contributed by atoms with Crippen LogP contribution in [0.25, 0.3) is 0 Å². The van der Waals surface area contributed by atoms with Crippen molar-refractivity contribution in [1.29, 1.82) is 0 Å². The van der Waals surface area contributed by atoms with E-state index in [1.807, 2.05) is 0 Å². The summed E-state index contributed by atoms with van der Waals surface area (Å²) >= 11 is 0. The van der Waals surface area contributed by atoms with Crippen LogP contribution >= 0.6 is 0 Å². The number of Topliss-reactive ketones (excluding diaryl/α,β-unsaturated/α-hetero) is 1. The maximum Gasteiger partial charge on any atom is 0.136 e. The first-order valence-corrected chi connectivity index (χ1v) is 13.1. The van der Waals surface area contributed by atoms with Gasteiger partial charge in [0.1, 0.15) is 5.78 Å². The predicted octanol–water partition coefficient (Wildman–Crippen LogP) is 3.56. The molecule has 0 aliphatic heterocycles. The van der Waals surface area contributed by atoms with Gasteiger partial charge in [0.15, 0.2) is 0 Å². The molecule has 0 aromatic rings. The Bertz CT molecular complexity index is 708. The summed E-state index contributed by atoms with van der Waals surface area (Å²) in [6, 6.07) is 0. The van der Waals surface area contributed by atoms with Crippen LogP contribution < -0.4 is 0 Å². The molecule has 4 fully saturated rings. The number of hydrogen-bond acceptors (Lipinski definition) is 5. The van der Waals surface area contributed by atoms with E-state index >= 15 is 0 Å². The van der Waals surface area contributed by atoms with Gasteiger partial charge in [-0.2, -0.15) is 0 Å². The second-order valence-electron chi connectivity index (χ2n) is 13.0. The molecule has 12 atom stereocenters. The van der Waals surface area contributed by atoms with Crippen molar-refractivity contribution in [2.75, 3.05) is 0 Å². The fourth-order valence-corrected chi connectivity index (χ4v) is 9.19. The molecule has 0 radical (unpaired) electrons. The predicted molar refractivity (Wildman–Crippen MR) is 124 cm³/mol. The molecule has 5 nitrogen and oxygen atoms in total. The van der Waals surface area contributed by atoms with E-state index in [-0.39, 0.29) is 28.4 Å². The fourth-order valence-electron chi connectivity index (χ4n) is 9.19. The number of ketones is 1. The largest absolute Gasteiger partial charge is 0.390 e. The smallest absolute Gasteiger partial charge is 0.136 e. The van der Waals surface area contributed by atoms with Crippen molar-refractivity contribution in [3.05, 3.63) is 0 Å². The van der Waals surface area contributed by atoms with Gasteiger partial charge in [-0.15, -0.1) is 0 Å². The maximum atomic E-state index is 13.3. The molecule has 32 heavy (non-hydrogen) atoms. The van der Waals surface area contributed by atoms with Gasteiger partial charge in [0.25, 0.3) is 0 Å². The summed E-state index contributed by atoms with van der Waals surface area (Å²) in [6.45, 7) is 10.8. The maximum absolute atomic E-state index is 13.3. The number of carbonyl (C=O) groups excluding carboxylic acids is 1. The van der Waals surface area contributed by atoms with Crippen LogP contribution in [-0.2, 0) is 4.79 Å². The first-order valence-electron chi connectivity index (χ1n) is 13.1. The second-order valence-corrected chi connectivity index (χ2v) is 13.0. The van der Waals surface area contributed by atoms with E-state index in [0.717, 1.165) is 25.7 Å². The third-order valence-corrected chi connectivity index (χ3v) is 10.8. The Labute approximate surface area is 194 Å². The van der Waals surface area contributed by atoms with Crippen molar-refractivity contribution in [2.24, 2.45) is 52.3 Å². The highest BCUT2D eigenvalue weighted by Crippen LogP contribution is 2.67. The molecule has 4 N–H and O–H groups in total. The van der Waals surface area contributed by atoms with Gasteiger partial charge in [0.2, 0.25) is 0 Å². The highest BCUT2D eigenvalue weighted by Gasteiger charge is 2.63. The summed E-state index contributed by atoms with van der Waals surface area (Å²) in [5.74, 6) is 2.09. The van der Waals surface area contributed by atoms with Crippen molar-refractivity contribution in [3.63, 3.8) is 0 Å². The number of hydrogen-bond donors (Lipinski definition) is 4. The number of aliphatic hydroxyl groups is 4. The summed E-state index contributed by atoms with van der Waals surface area (Å²) < 4.78 is 0. The Balaban J connectivity index is 1.55. The zero-order valence-electron chi connectivity index (χ0n) is 20.7. The van der Waals surface area contributed by atoms with Crippen LogP contribution in [0.5, 0.6) is 0 Å². The molecule has 4 aliphatic carbocycles. The Morgan fingerprint density at radius 3 is 2.28 bits per heavy atom. The van der Waals surface area contributed by atoms with E-state index in [1.54, 1.807) is 0 Å². The van der Waals surface area contributed by atoms with Crippen LogP contribution in [0.3, 0.4) is 0 Å². The van der Waals surface area contributed by atoms with Gasteiger partial charge in [0, 0.05) is 12.3 Å². The standard InChI is InChI=1S/C27H46O5/c1-14(2)10-23(30)25(32)15(3)17-6-7-18-16-11-21(28)20-12-22(29)24(31)13-27(20,5)19(16)8-9-26(17,18)4/h14-20,22-25,29-32H,6-13H2,1-5H3/t15-,16-,17+,18-,19-,20?,22?,23?,24?,25?,26+,27+/m0/s1. The molecular weight excluding hydrogens is 404 g/mol. The van der Waals surface area contributed by atoms with Crippen molar-refractivity contribution in [3.8, 4) is 0 Å². The molecule has 4 saturated carbocycles. The van der Waals surface area contributed by atoms with Crippen LogP contribution in [0, 0.1) is 52.3 Å². The Morgan fingerprint density at radius 1 is 0.969 bits per heavy atom. The summed E-state index contributed by atoms with van der Waals surface area (Å²) in [7, 11) is 0. The Hall–Kier alpha value is -0.490. The lowest BCUT2D eigenvalue weighted by Crippen LogP contribution is -2.59. The quantitative estimate of drug-likeness (QED) is 0.513. The molecule has 0 saturated heterocycles. The third kappa shape index (κ3) is 3.79. The molecule has 0 bridgehead atoms. The highest BCUT2D eigenvalue weighted by molar-refractivity contribution is 5.83. The lowest BCUT2D eigenvalue weighted by Gasteiger charge is -2.61. The summed E-state index contributed by atoms with van der Waals surface area (Å²) in [4.78, 5) is 13.3. The Kier molecular flexibility index (Phi) is 6.64. The zero-order valence-corrected chi connectivity index (χ0v) is 20.7. The minimum atomic E-state index is -0.780. The monoisotopic (exact) mass is 450 g/mol.